The topological polar surface area (TPSA) is 78.9 Å². The molecule has 0 spiro atoms. The van der Waals surface area contributed by atoms with Crippen molar-refractivity contribution in [1.82, 2.24) is 0 Å². The standard InChI is InChI=1S/C67H114O6/c1-4-7-10-13-16-19-22-25-28-29-30-31-32-33-34-35-36-37-38-39-40-43-45-48-51-54-57-60-66(69)72-63-64(73-67(70)61-58-55-52-49-46-42-27-24-21-18-15-12-9-6-3)62-71-65(68)59-56-53-50-47-44-41-26-23-20-17-14-11-8-5-2/h7,10,16,19,25,28,30-31,33-34,36-37,39-40,45,48,64H,4-6,8-9,11-15,17-18,20-24,26-27,29,32,35,38,41-44,46-47,49-63H2,1-3H3/b10-7-,19-16-,28-25-,31-30-,34-33-,37-36-,40-39-,48-45-. The highest BCUT2D eigenvalue weighted by molar-refractivity contribution is 5.71. The molecule has 0 saturated heterocycles. The summed E-state index contributed by atoms with van der Waals surface area (Å²) >= 11 is 0. The third kappa shape index (κ3) is 59.1. The lowest BCUT2D eigenvalue weighted by atomic mass is 10.0. The van der Waals surface area contributed by atoms with Crippen LogP contribution in [0.5, 0.6) is 0 Å². The Morgan fingerprint density at radius 3 is 0.836 bits per heavy atom. The first-order valence-electron chi connectivity index (χ1n) is 30.7. The summed E-state index contributed by atoms with van der Waals surface area (Å²) in [4.78, 5) is 38.2. The second-order valence-corrected chi connectivity index (χ2v) is 20.2. The van der Waals surface area contributed by atoms with Crippen molar-refractivity contribution in [2.45, 2.75) is 297 Å². The van der Waals surface area contributed by atoms with Crippen LogP contribution in [0.15, 0.2) is 97.2 Å². The van der Waals surface area contributed by atoms with Gasteiger partial charge in [0.1, 0.15) is 13.2 Å². The molecule has 1 unspecified atom stereocenters. The van der Waals surface area contributed by atoms with Crippen molar-refractivity contribution in [1.29, 1.82) is 0 Å². The van der Waals surface area contributed by atoms with Crippen LogP contribution in [-0.2, 0) is 28.6 Å². The molecule has 0 radical (unpaired) electrons. The van der Waals surface area contributed by atoms with Crippen LogP contribution in [-0.4, -0.2) is 37.2 Å². The van der Waals surface area contributed by atoms with Crippen molar-refractivity contribution in [2.24, 2.45) is 0 Å². The van der Waals surface area contributed by atoms with Crippen LogP contribution in [0.25, 0.3) is 0 Å². The molecule has 0 fully saturated rings. The van der Waals surface area contributed by atoms with E-state index in [2.05, 4.69) is 118 Å². The predicted molar refractivity (Wildman–Crippen MR) is 316 cm³/mol. The number of carbonyl (C=O) groups excluding carboxylic acids is 3. The summed E-state index contributed by atoms with van der Waals surface area (Å²) in [6, 6.07) is 0. The average molecular weight is 1020 g/mol. The number of esters is 3. The number of hydrogen-bond acceptors (Lipinski definition) is 6. The van der Waals surface area contributed by atoms with Crippen molar-refractivity contribution in [2.75, 3.05) is 13.2 Å². The fourth-order valence-electron chi connectivity index (χ4n) is 8.52. The molecule has 0 heterocycles. The van der Waals surface area contributed by atoms with Crippen LogP contribution in [0.3, 0.4) is 0 Å². The summed E-state index contributed by atoms with van der Waals surface area (Å²) in [7, 11) is 0. The van der Waals surface area contributed by atoms with Crippen LogP contribution in [0.1, 0.15) is 290 Å². The maximum atomic E-state index is 12.9. The van der Waals surface area contributed by atoms with E-state index in [9.17, 15) is 14.4 Å². The zero-order chi connectivity index (χ0) is 52.9. The summed E-state index contributed by atoms with van der Waals surface area (Å²) < 4.78 is 16.9. The zero-order valence-corrected chi connectivity index (χ0v) is 47.9. The van der Waals surface area contributed by atoms with Gasteiger partial charge in [-0.25, -0.2) is 0 Å². The molecule has 0 aliphatic heterocycles. The number of unbranched alkanes of at least 4 members (excludes halogenated alkanes) is 28. The van der Waals surface area contributed by atoms with E-state index in [1.165, 1.54) is 141 Å². The van der Waals surface area contributed by atoms with Crippen molar-refractivity contribution in [3.8, 4) is 0 Å². The van der Waals surface area contributed by atoms with Gasteiger partial charge in [0.25, 0.3) is 0 Å². The van der Waals surface area contributed by atoms with Crippen molar-refractivity contribution < 1.29 is 28.6 Å². The molecule has 0 bridgehead atoms. The van der Waals surface area contributed by atoms with E-state index >= 15 is 0 Å². The maximum absolute atomic E-state index is 12.9. The first kappa shape index (κ1) is 69.3. The van der Waals surface area contributed by atoms with Gasteiger partial charge in [0.15, 0.2) is 6.10 Å². The number of hydrogen-bond donors (Lipinski definition) is 0. The Labute approximate surface area is 451 Å². The molecule has 0 rings (SSSR count). The van der Waals surface area contributed by atoms with Gasteiger partial charge in [0.05, 0.1) is 0 Å². The van der Waals surface area contributed by atoms with Gasteiger partial charge >= 0.3 is 17.9 Å². The summed E-state index contributed by atoms with van der Waals surface area (Å²) in [6.07, 6.45) is 81.2. The number of rotatable bonds is 55. The van der Waals surface area contributed by atoms with Gasteiger partial charge in [0.2, 0.25) is 0 Å². The third-order valence-electron chi connectivity index (χ3n) is 13.1. The Kier molecular flexibility index (Phi) is 57.8. The molecule has 0 aromatic rings. The lowest BCUT2D eigenvalue weighted by Gasteiger charge is -2.18. The highest BCUT2D eigenvalue weighted by Gasteiger charge is 2.19. The van der Waals surface area contributed by atoms with Gasteiger partial charge in [0, 0.05) is 19.3 Å². The van der Waals surface area contributed by atoms with Crippen LogP contribution in [0.2, 0.25) is 0 Å². The van der Waals surface area contributed by atoms with Crippen molar-refractivity contribution in [3.63, 3.8) is 0 Å². The number of carbonyl (C=O) groups is 3. The largest absolute Gasteiger partial charge is 0.462 e. The summed E-state index contributed by atoms with van der Waals surface area (Å²) in [6.45, 7) is 6.51. The van der Waals surface area contributed by atoms with Gasteiger partial charge in [-0.2, -0.15) is 0 Å². The Bertz CT molecular complexity index is 1440. The normalized spacial score (nSPS) is 12.8. The summed E-state index contributed by atoms with van der Waals surface area (Å²) in [5, 5.41) is 0. The van der Waals surface area contributed by atoms with E-state index in [0.717, 1.165) is 109 Å². The molecule has 6 heteroatoms. The minimum absolute atomic E-state index is 0.0875. The Morgan fingerprint density at radius 2 is 0.534 bits per heavy atom. The molecule has 1 atom stereocenters. The van der Waals surface area contributed by atoms with Gasteiger partial charge in [-0.15, -0.1) is 0 Å². The fraction of sp³-hybridized carbons (Fsp3) is 0.716. The van der Waals surface area contributed by atoms with E-state index in [0.29, 0.717) is 19.3 Å². The molecule has 0 aromatic heterocycles. The minimum atomic E-state index is -0.793. The first-order valence-corrected chi connectivity index (χ1v) is 30.7. The van der Waals surface area contributed by atoms with Crippen molar-refractivity contribution >= 4 is 17.9 Å². The molecule has 0 aromatic carbocycles. The van der Waals surface area contributed by atoms with E-state index in [-0.39, 0.29) is 31.1 Å². The Balaban J connectivity index is 4.39. The second kappa shape index (κ2) is 60.9. The molecule has 418 valence electrons. The monoisotopic (exact) mass is 1010 g/mol. The molecule has 73 heavy (non-hydrogen) atoms. The molecule has 6 nitrogen and oxygen atoms in total. The Morgan fingerprint density at radius 1 is 0.288 bits per heavy atom. The minimum Gasteiger partial charge on any atom is -0.462 e. The van der Waals surface area contributed by atoms with Crippen LogP contribution in [0.4, 0.5) is 0 Å². The summed E-state index contributed by atoms with van der Waals surface area (Å²) in [5.74, 6) is -0.923. The molecular weight excluding hydrogens is 901 g/mol. The smallest absolute Gasteiger partial charge is 0.306 e. The lowest BCUT2D eigenvalue weighted by molar-refractivity contribution is -0.167. The molecule has 0 saturated carbocycles. The lowest BCUT2D eigenvalue weighted by Crippen LogP contribution is -2.30. The maximum Gasteiger partial charge on any atom is 0.306 e. The highest BCUT2D eigenvalue weighted by atomic mass is 16.6. The van der Waals surface area contributed by atoms with Gasteiger partial charge in [-0.05, 0) is 83.5 Å². The SMILES string of the molecule is CC/C=C\C/C=C\C/C=C\C/C=C\C/C=C\C/C=C\C/C=C\C/C=C\CCCCC(=O)OCC(COC(=O)CCCCCCCCCCCCCCCC)OC(=O)CCCCCCCCCCCCCCCC. The van der Waals surface area contributed by atoms with Crippen molar-refractivity contribution in [3.05, 3.63) is 97.2 Å². The Hall–Kier alpha value is -3.67. The van der Waals surface area contributed by atoms with Gasteiger partial charge in [-0.1, -0.05) is 285 Å². The van der Waals surface area contributed by atoms with E-state index in [1.807, 2.05) is 0 Å². The van der Waals surface area contributed by atoms with Gasteiger partial charge < -0.3 is 14.2 Å². The van der Waals surface area contributed by atoms with Gasteiger partial charge in [-0.3, -0.25) is 14.4 Å². The molecule has 0 N–H and O–H groups in total. The molecule has 0 amide bonds. The molecule has 0 aliphatic rings. The zero-order valence-electron chi connectivity index (χ0n) is 47.9. The van der Waals surface area contributed by atoms with Crippen LogP contribution >= 0.6 is 0 Å². The molecule has 0 aliphatic carbocycles. The molecular formula is C67H114O6. The van der Waals surface area contributed by atoms with E-state index < -0.39 is 6.10 Å². The predicted octanol–water partition coefficient (Wildman–Crippen LogP) is 20.9. The van der Waals surface area contributed by atoms with Crippen LogP contribution < -0.4 is 0 Å². The fourth-order valence-corrected chi connectivity index (χ4v) is 8.52. The number of allylic oxidation sites excluding steroid dienone is 16. The van der Waals surface area contributed by atoms with Crippen LogP contribution in [0, 0.1) is 0 Å². The third-order valence-corrected chi connectivity index (χ3v) is 13.1. The van der Waals surface area contributed by atoms with E-state index in [4.69, 9.17) is 14.2 Å². The second-order valence-electron chi connectivity index (χ2n) is 20.2. The first-order chi connectivity index (χ1) is 36.0. The quantitative estimate of drug-likeness (QED) is 0.0261. The van der Waals surface area contributed by atoms with E-state index in [1.54, 1.807) is 0 Å². The average Bonchev–Trinajstić information content (AvgIpc) is 3.39. The highest BCUT2D eigenvalue weighted by Crippen LogP contribution is 2.16. The summed E-state index contributed by atoms with van der Waals surface area (Å²) in [5.41, 5.74) is 0. The number of ether oxygens (including phenoxy) is 3.